The third-order valence-electron chi connectivity index (χ3n) is 4.10. The van der Waals surface area contributed by atoms with Gasteiger partial charge in [0.25, 0.3) is 0 Å². The third kappa shape index (κ3) is 24.3. The van der Waals surface area contributed by atoms with Crippen LogP contribution in [0, 0.1) is 0 Å². The molecule has 4 nitrogen and oxygen atoms in total. The van der Waals surface area contributed by atoms with E-state index in [1.54, 1.807) is 0 Å². The van der Waals surface area contributed by atoms with Crippen LogP contribution in [-0.4, -0.2) is 18.5 Å². The normalized spacial score (nSPS) is 10.6. The first kappa shape index (κ1) is 27.5. The molecular weight excluding hydrogens is 343 g/mol. The molecule has 0 aliphatic heterocycles. The maximum absolute atomic E-state index is 11.1. The number of rotatable bonds is 17. The van der Waals surface area contributed by atoms with Gasteiger partial charge in [0, 0.05) is 6.08 Å². The average Bonchev–Trinajstić information content (AvgIpc) is 2.56. The summed E-state index contributed by atoms with van der Waals surface area (Å²) in [7, 11) is 0. The van der Waals surface area contributed by atoms with Crippen LogP contribution in [0.4, 0.5) is 0 Å². The van der Waals surface area contributed by atoms with Crippen molar-refractivity contribution in [2.45, 2.75) is 96.8 Å². The second-order valence-electron chi connectivity index (χ2n) is 6.42. The zero-order valence-electron chi connectivity index (χ0n) is 16.4. The summed E-state index contributed by atoms with van der Waals surface area (Å²) in [6, 6.07) is 0. The molecule has 5 heteroatoms. The molecule has 0 heterocycles. The quantitative estimate of drug-likeness (QED) is 0.166. The summed E-state index contributed by atoms with van der Waals surface area (Å²) in [5.74, 6) is -2.00. The number of carbonyl (C=O) groups excluding carboxylic acids is 2. The largest absolute Gasteiger partial charge is 1.00 e. The summed E-state index contributed by atoms with van der Waals surface area (Å²) in [5, 5.41) is 10.1. The predicted molar refractivity (Wildman–Crippen MR) is 95.4 cm³/mol. The van der Waals surface area contributed by atoms with Crippen molar-refractivity contribution in [3.63, 3.8) is 0 Å². The van der Waals surface area contributed by atoms with Crippen molar-refractivity contribution in [3.05, 3.63) is 12.2 Å². The van der Waals surface area contributed by atoms with Crippen LogP contribution in [0.1, 0.15) is 96.8 Å². The maximum Gasteiger partial charge on any atom is 1.00 e. The van der Waals surface area contributed by atoms with Crippen LogP contribution in [0.5, 0.6) is 0 Å². The molecule has 0 fully saturated rings. The van der Waals surface area contributed by atoms with Crippen LogP contribution in [0.25, 0.3) is 0 Å². The molecule has 0 aromatic heterocycles. The van der Waals surface area contributed by atoms with Gasteiger partial charge < -0.3 is 14.6 Å². The first-order valence-electron chi connectivity index (χ1n) is 9.72. The summed E-state index contributed by atoms with van der Waals surface area (Å²) < 4.78 is 4.88. The van der Waals surface area contributed by atoms with Crippen molar-refractivity contribution in [3.8, 4) is 0 Å². The average molecular weight is 379 g/mol. The monoisotopic (exact) mass is 378 g/mol. The Balaban J connectivity index is 0. The van der Waals surface area contributed by atoms with Gasteiger partial charge in [0.05, 0.1) is 12.6 Å². The molecule has 0 N–H and O–H groups in total. The SMILES string of the molecule is CCCCCCCCCCCCCCCCOC(=O)C=CC(=O)[O-].[K+]. The summed E-state index contributed by atoms with van der Waals surface area (Å²) in [4.78, 5) is 21.2. The van der Waals surface area contributed by atoms with Crippen molar-refractivity contribution in [2.24, 2.45) is 0 Å². The van der Waals surface area contributed by atoms with Crippen molar-refractivity contribution in [1.82, 2.24) is 0 Å². The van der Waals surface area contributed by atoms with Gasteiger partial charge in [0.15, 0.2) is 0 Å². The molecule has 0 bridgehead atoms. The molecule has 0 spiro atoms. The number of esters is 1. The van der Waals surface area contributed by atoms with Gasteiger partial charge in [-0.05, 0) is 12.5 Å². The molecule has 0 amide bonds. The van der Waals surface area contributed by atoms with E-state index in [0.717, 1.165) is 18.9 Å². The van der Waals surface area contributed by atoms with Gasteiger partial charge in [-0.1, -0.05) is 90.4 Å². The summed E-state index contributed by atoms with van der Waals surface area (Å²) >= 11 is 0. The molecule has 0 aromatic carbocycles. The molecule has 0 unspecified atom stereocenters. The van der Waals surface area contributed by atoms with Gasteiger partial charge in [-0.25, -0.2) is 4.79 Å². The number of hydrogen-bond acceptors (Lipinski definition) is 4. The van der Waals surface area contributed by atoms with E-state index in [0.29, 0.717) is 12.7 Å². The molecule has 0 radical (unpaired) electrons. The Morgan fingerprint density at radius 3 is 1.52 bits per heavy atom. The van der Waals surface area contributed by atoms with Crippen molar-refractivity contribution >= 4 is 11.9 Å². The molecule has 0 rings (SSSR count). The number of aliphatic carboxylic acids is 1. The fourth-order valence-electron chi connectivity index (χ4n) is 2.65. The van der Waals surface area contributed by atoms with E-state index in [-0.39, 0.29) is 51.4 Å². The summed E-state index contributed by atoms with van der Waals surface area (Å²) in [5.41, 5.74) is 0. The van der Waals surface area contributed by atoms with E-state index >= 15 is 0 Å². The number of carboxylic acids is 1. The molecule has 140 valence electrons. The van der Waals surface area contributed by atoms with E-state index in [9.17, 15) is 14.7 Å². The predicted octanol–water partition coefficient (Wildman–Crippen LogP) is 1.32. The topological polar surface area (TPSA) is 66.4 Å². The van der Waals surface area contributed by atoms with Crippen molar-refractivity contribution < 1.29 is 70.8 Å². The fourth-order valence-corrected chi connectivity index (χ4v) is 2.65. The first-order chi connectivity index (χ1) is 11.7. The van der Waals surface area contributed by atoms with E-state index in [1.165, 1.54) is 77.0 Å². The number of carbonyl (C=O) groups is 2. The first-order valence-corrected chi connectivity index (χ1v) is 9.72. The molecule has 0 aromatic rings. The number of ether oxygens (including phenoxy) is 1. The van der Waals surface area contributed by atoms with E-state index < -0.39 is 11.9 Å². The Hall–Kier alpha value is 0.316. The maximum atomic E-state index is 11.1. The fraction of sp³-hybridized carbons (Fsp3) is 0.800. The Kier molecular flexibility index (Phi) is 24.6. The van der Waals surface area contributed by atoms with Crippen LogP contribution < -0.4 is 56.5 Å². The molecule has 25 heavy (non-hydrogen) atoms. The van der Waals surface area contributed by atoms with Gasteiger partial charge in [-0.2, -0.15) is 0 Å². The van der Waals surface area contributed by atoms with Crippen LogP contribution in [0.3, 0.4) is 0 Å². The second-order valence-corrected chi connectivity index (χ2v) is 6.42. The van der Waals surface area contributed by atoms with Crippen LogP contribution in [0.15, 0.2) is 12.2 Å². The minimum Gasteiger partial charge on any atom is -0.545 e. The standard InChI is InChI=1S/C20H36O4.K/c1-2-3-4-5-6-7-8-9-10-11-12-13-14-15-18-24-20(23)17-16-19(21)22;/h16-17H,2-15,18H2,1H3,(H,21,22);/q;+1/p-1. The van der Waals surface area contributed by atoms with Gasteiger partial charge in [0.2, 0.25) is 0 Å². The van der Waals surface area contributed by atoms with Gasteiger partial charge in [-0.3, -0.25) is 0 Å². The molecule has 0 atom stereocenters. The Labute approximate surface area is 196 Å². The Bertz CT molecular complexity index is 343. The third-order valence-corrected chi connectivity index (χ3v) is 4.10. The van der Waals surface area contributed by atoms with Crippen LogP contribution in [-0.2, 0) is 14.3 Å². The Morgan fingerprint density at radius 2 is 1.12 bits per heavy atom. The smallest absolute Gasteiger partial charge is 0.545 e. The van der Waals surface area contributed by atoms with Gasteiger partial charge in [0.1, 0.15) is 0 Å². The van der Waals surface area contributed by atoms with E-state index in [1.807, 2.05) is 0 Å². The number of unbranched alkanes of at least 4 members (excludes halogenated alkanes) is 13. The summed E-state index contributed by atoms with van der Waals surface area (Å²) in [6.45, 7) is 2.61. The van der Waals surface area contributed by atoms with Gasteiger partial charge in [-0.15, -0.1) is 0 Å². The molecule has 0 aliphatic rings. The van der Waals surface area contributed by atoms with Crippen molar-refractivity contribution in [2.75, 3.05) is 6.61 Å². The number of hydrogen-bond donors (Lipinski definition) is 0. The molecule has 0 aliphatic carbocycles. The van der Waals surface area contributed by atoms with E-state index in [4.69, 9.17) is 4.74 Å². The van der Waals surface area contributed by atoms with Crippen molar-refractivity contribution in [1.29, 1.82) is 0 Å². The second kappa shape index (κ2) is 22.4. The Morgan fingerprint density at radius 1 is 0.720 bits per heavy atom. The molecule has 0 saturated carbocycles. The van der Waals surface area contributed by atoms with Gasteiger partial charge >= 0.3 is 57.4 Å². The van der Waals surface area contributed by atoms with Crippen LogP contribution >= 0.6 is 0 Å². The zero-order chi connectivity index (χ0) is 17.9. The summed E-state index contributed by atoms with van der Waals surface area (Å²) in [6.07, 6.45) is 19.5. The number of carboxylic acid groups (broad SMARTS) is 1. The molecule has 0 saturated heterocycles. The van der Waals surface area contributed by atoms with E-state index in [2.05, 4.69) is 6.92 Å². The molecular formula is C20H35KO4. The minimum atomic E-state index is -1.39. The van der Waals surface area contributed by atoms with Crippen LogP contribution in [0.2, 0.25) is 0 Å². The minimum absolute atomic E-state index is 0. The zero-order valence-corrected chi connectivity index (χ0v) is 19.5.